The predicted octanol–water partition coefficient (Wildman–Crippen LogP) is 6.52. The molecule has 0 amide bonds. The van der Waals surface area contributed by atoms with Gasteiger partial charge in [-0.15, -0.1) is 13.2 Å². The fourth-order valence-electron chi connectivity index (χ4n) is 2.81. The number of carboxylic acids is 1. The molecule has 0 radical (unpaired) electrons. The largest absolute Gasteiger partial charge is 0.481 e. The van der Waals surface area contributed by atoms with Crippen molar-refractivity contribution in [2.24, 2.45) is 5.92 Å². The Balaban J connectivity index is 3.54. The van der Waals surface area contributed by atoms with Crippen LogP contribution in [0.1, 0.15) is 89.9 Å². The molecule has 0 saturated carbocycles. The molecule has 0 aromatic heterocycles. The summed E-state index contributed by atoms with van der Waals surface area (Å²) in [7, 11) is 0. The van der Waals surface area contributed by atoms with Crippen molar-refractivity contribution in [1.29, 1.82) is 0 Å². The number of rotatable bonds is 17. The molecule has 2 nitrogen and oxygen atoms in total. The van der Waals surface area contributed by atoms with E-state index in [0.717, 1.165) is 44.9 Å². The van der Waals surface area contributed by atoms with Crippen LogP contribution in [0.4, 0.5) is 0 Å². The van der Waals surface area contributed by atoms with Gasteiger partial charge in [-0.1, -0.05) is 63.5 Å². The zero-order valence-corrected chi connectivity index (χ0v) is 14.4. The molecule has 1 atom stereocenters. The summed E-state index contributed by atoms with van der Waals surface area (Å²) < 4.78 is 0. The summed E-state index contributed by atoms with van der Waals surface area (Å²) in [4.78, 5) is 11.3. The van der Waals surface area contributed by atoms with Gasteiger partial charge in [0.25, 0.3) is 0 Å². The van der Waals surface area contributed by atoms with E-state index in [-0.39, 0.29) is 5.92 Å². The van der Waals surface area contributed by atoms with Crippen LogP contribution in [-0.2, 0) is 4.79 Å². The Hall–Kier alpha value is -1.05. The number of carbonyl (C=O) groups is 1. The van der Waals surface area contributed by atoms with E-state index >= 15 is 0 Å². The van der Waals surface area contributed by atoms with E-state index < -0.39 is 5.97 Å². The average Bonchev–Trinajstić information content (AvgIpc) is 2.50. The predicted molar refractivity (Wildman–Crippen MR) is 96.2 cm³/mol. The van der Waals surface area contributed by atoms with E-state index in [9.17, 15) is 9.90 Å². The molecule has 0 aliphatic carbocycles. The van der Waals surface area contributed by atoms with Crippen LogP contribution >= 0.6 is 0 Å². The molecule has 0 aliphatic heterocycles. The van der Waals surface area contributed by atoms with Crippen molar-refractivity contribution in [2.45, 2.75) is 89.9 Å². The monoisotopic (exact) mass is 308 g/mol. The van der Waals surface area contributed by atoms with Gasteiger partial charge in [-0.3, -0.25) is 4.79 Å². The van der Waals surface area contributed by atoms with Crippen LogP contribution in [-0.4, -0.2) is 11.1 Å². The van der Waals surface area contributed by atoms with E-state index in [4.69, 9.17) is 0 Å². The minimum absolute atomic E-state index is 0.125. The van der Waals surface area contributed by atoms with E-state index in [0.29, 0.717) is 0 Å². The Morgan fingerprint density at radius 1 is 0.727 bits per heavy atom. The van der Waals surface area contributed by atoms with Crippen molar-refractivity contribution < 1.29 is 9.90 Å². The first-order chi connectivity index (χ1) is 10.7. The molecule has 0 rings (SSSR count). The van der Waals surface area contributed by atoms with E-state index in [2.05, 4.69) is 13.2 Å². The maximum absolute atomic E-state index is 11.3. The molecule has 0 aromatic rings. The molecule has 0 saturated heterocycles. The third-order valence-electron chi connectivity index (χ3n) is 4.27. The van der Waals surface area contributed by atoms with Crippen LogP contribution in [0.2, 0.25) is 0 Å². The van der Waals surface area contributed by atoms with Crippen LogP contribution in [0, 0.1) is 5.92 Å². The lowest BCUT2D eigenvalue weighted by Gasteiger charge is -2.12. The highest BCUT2D eigenvalue weighted by atomic mass is 16.4. The van der Waals surface area contributed by atoms with E-state index in [1.807, 2.05) is 12.2 Å². The molecular weight excluding hydrogens is 272 g/mol. The summed E-state index contributed by atoms with van der Waals surface area (Å²) in [6, 6.07) is 0. The van der Waals surface area contributed by atoms with Gasteiger partial charge in [0.2, 0.25) is 0 Å². The Labute approximate surface area is 137 Å². The SMILES string of the molecule is C=CCCCCCCCCC(CCCCCCC=C)C(=O)O. The first kappa shape index (κ1) is 20.9. The quantitative estimate of drug-likeness (QED) is 0.245. The van der Waals surface area contributed by atoms with Gasteiger partial charge in [0.15, 0.2) is 0 Å². The van der Waals surface area contributed by atoms with Gasteiger partial charge in [-0.2, -0.15) is 0 Å². The highest BCUT2D eigenvalue weighted by Crippen LogP contribution is 2.19. The summed E-state index contributed by atoms with van der Waals surface area (Å²) in [5, 5.41) is 9.29. The maximum atomic E-state index is 11.3. The fraction of sp³-hybridized carbons (Fsp3) is 0.750. The Morgan fingerprint density at radius 3 is 1.45 bits per heavy atom. The molecule has 1 N–H and O–H groups in total. The van der Waals surface area contributed by atoms with Crippen LogP contribution < -0.4 is 0 Å². The van der Waals surface area contributed by atoms with Crippen LogP contribution in [0.5, 0.6) is 0 Å². The summed E-state index contributed by atoms with van der Waals surface area (Å²) in [5.74, 6) is -0.725. The first-order valence-electron chi connectivity index (χ1n) is 9.17. The fourth-order valence-corrected chi connectivity index (χ4v) is 2.81. The number of allylic oxidation sites excluding steroid dienone is 2. The molecule has 2 heteroatoms. The van der Waals surface area contributed by atoms with Crippen molar-refractivity contribution >= 4 is 5.97 Å². The lowest BCUT2D eigenvalue weighted by molar-refractivity contribution is -0.142. The van der Waals surface area contributed by atoms with Gasteiger partial charge in [0.1, 0.15) is 0 Å². The van der Waals surface area contributed by atoms with Gasteiger partial charge in [-0.05, 0) is 38.5 Å². The average molecular weight is 309 g/mol. The molecule has 128 valence electrons. The third-order valence-corrected chi connectivity index (χ3v) is 4.27. The molecule has 0 bridgehead atoms. The topological polar surface area (TPSA) is 37.3 Å². The number of unbranched alkanes of at least 4 members (excludes halogenated alkanes) is 10. The highest BCUT2D eigenvalue weighted by molar-refractivity contribution is 5.69. The number of hydrogen-bond acceptors (Lipinski definition) is 1. The van der Waals surface area contributed by atoms with Gasteiger partial charge in [0, 0.05) is 0 Å². The molecule has 0 spiro atoms. The molecular formula is C20H36O2. The van der Waals surface area contributed by atoms with Gasteiger partial charge < -0.3 is 5.11 Å². The van der Waals surface area contributed by atoms with Gasteiger partial charge in [-0.25, -0.2) is 0 Å². The lowest BCUT2D eigenvalue weighted by Crippen LogP contribution is -2.13. The summed E-state index contributed by atoms with van der Waals surface area (Å²) >= 11 is 0. The van der Waals surface area contributed by atoms with E-state index in [1.54, 1.807) is 0 Å². The number of aliphatic carboxylic acids is 1. The smallest absolute Gasteiger partial charge is 0.306 e. The Morgan fingerprint density at radius 2 is 1.09 bits per heavy atom. The second-order valence-corrected chi connectivity index (χ2v) is 6.30. The summed E-state index contributed by atoms with van der Waals surface area (Å²) in [6.45, 7) is 7.45. The van der Waals surface area contributed by atoms with Crippen molar-refractivity contribution in [3.63, 3.8) is 0 Å². The zero-order valence-electron chi connectivity index (χ0n) is 14.4. The minimum atomic E-state index is -0.600. The Kier molecular flexibility index (Phi) is 15.5. The van der Waals surface area contributed by atoms with Crippen LogP contribution in [0.15, 0.2) is 25.3 Å². The minimum Gasteiger partial charge on any atom is -0.481 e. The summed E-state index contributed by atoms with van der Waals surface area (Å²) in [6.07, 6.45) is 19.7. The molecule has 1 unspecified atom stereocenters. The number of hydrogen-bond donors (Lipinski definition) is 1. The first-order valence-corrected chi connectivity index (χ1v) is 9.17. The maximum Gasteiger partial charge on any atom is 0.306 e. The van der Waals surface area contributed by atoms with Crippen molar-refractivity contribution in [3.05, 3.63) is 25.3 Å². The molecule has 22 heavy (non-hydrogen) atoms. The molecule has 0 heterocycles. The van der Waals surface area contributed by atoms with Crippen LogP contribution in [0.3, 0.4) is 0 Å². The van der Waals surface area contributed by atoms with Crippen molar-refractivity contribution in [2.75, 3.05) is 0 Å². The zero-order chi connectivity index (χ0) is 16.5. The molecule has 0 aliphatic rings. The standard InChI is InChI=1S/C20H36O2/c1-3-5-7-9-11-12-14-16-18-19(20(21)22)17-15-13-10-8-6-4-2/h3-4,19H,1-2,5-18H2,(H,21,22). The second-order valence-electron chi connectivity index (χ2n) is 6.30. The number of carboxylic acid groups (broad SMARTS) is 1. The highest BCUT2D eigenvalue weighted by Gasteiger charge is 2.16. The normalized spacial score (nSPS) is 12.0. The van der Waals surface area contributed by atoms with Gasteiger partial charge >= 0.3 is 5.97 Å². The third kappa shape index (κ3) is 13.9. The molecule has 0 aromatic carbocycles. The summed E-state index contributed by atoms with van der Waals surface area (Å²) in [5.41, 5.74) is 0. The van der Waals surface area contributed by atoms with Gasteiger partial charge in [0.05, 0.1) is 5.92 Å². The van der Waals surface area contributed by atoms with Crippen LogP contribution in [0.25, 0.3) is 0 Å². The molecule has 0 fully saturated rings. The van der Waals surface area contributed by atoms with E-state index in [1.165, 1.54) is 44.9 Å². The second kappa shape index (κ2) is 16.3. The Bertz CT molecular complexity index is 283. The lowest BCUT2D eigenvalue weighted by atomic mass is 9.94. The van der Waals surface area contributed by atoms with Crippen molar-refractivity contribution in [3.8, 4) is 0 Å². The van der Waals surface area contributed by atoms with Crippen molar-refractivity contribution in [1.82, 2.24) is 0 Å².